The molecule has 9 rings (SSSR count). The third-order valence-corrected chi connectivity index (χ3v) is 15.1. The number of halogens is 2. The van der Waals surface area contributed by atoms with Gasteiger partial charge < -0.3 is 38.6 Å². The Morgan fingerprint density at radius 3 is 1.89 bits per heavy atom. The van der Waals surface area contributed by atoms with Gasteiger partial charge in [-0.25, -0.2) is 14.6 Å². The van der Waals surface area contributed by atoms with Crippen LogP contribution in [0.15, 0.2) is 79.4 Å². The summed E-state index contributed by atoms with van der Waals surface area (Å²) in [5.41, 5.74) is 5.69. The molecule has 1 unspecified atom stereocenters. The lowest BCUT2D eigenvalue weighted by Gasteiger charge is -2.45. The Labute approximate surface area is 456 Å². The van der Waals surface area contributed by atoms with Crippen molar-refractivity contribution < 1.29 is 53.1 Å². The third kappa shape index (κ3) is 17.5. The maximum atomic E-state index is 15.0. The monoisotopic (exact) mass is 1090 g/mol. The van der Waals surface area contributed by atoms with E-state index in [4.69, 9.17) is 52.2 Å². The molecule has 2 N–H and O–H groups in total. The first-order valence-corrected chi connectivity index (χ1v) is 27.6. The second-order valence-electron chi connectivity index (χ2n) is 20.6. The first-order valence-electron chi connectivity index (χ1n) is 26.9. The number of imidazole rings is 1. The molecular weight excluding hydrogens is 1020 g/mol. The van der Waals surface area contributed by atoms with Crippen molar-refractivity contribution in [3.8, 4) is 0 Å². The summed E-state index contributed by atoms with van der Waals surface area (Å²) in [5, 5.41) is 19.9. The highest BCUT2D eigenvalue weighted by Crippen LogP contribution is 2.38. The van der Waals surface area contributed by atoms with Gasteiger partial charge in [-0.15, -0.1) is 0 Å². The van der Waals surface area contributed by atoms with E-state index in [1.165, 1.54) is 25.0 Å². The van der Waals surface area contributed by atoms with E-state index in [-0.39, 0.29) is 60.5 Å². The van der Waals surface area contributed by atoms with Gasteiger partial charge in [-0.2, -0.15) is 0 Å². The average molecular weight is 1090 g/mol. The van der Waals surface area contributed by atoms with E-state index in [0.717, 1.165) is 86.8 Å². The Morgan fingerprint density at radius 2 is 1.30 bits per heavy atom. The Hall–Kier alpha value is -5.59. The fraction of sp³-hybridized carbons (Fsp3) is 0.561. The van der Waals surface area contributed by atoms with Crippen LogP contribution in [0.1, 0.15) is 137 Å². The minimum atomic E-state index is -0.772. The predicted octanol–water partition coefficient (Wildman–Crippen LogP) is 9.06. The van der Waals surface area contributed by atoms with Gasteiger partial charge in [0, 0.05) is 82.1 Å². The maximum Gasteiger partial charge on any atom is 0.410 e. The fourth-order valence-electron chi connectivity index (χ4n) is 10.9. The van der Waals surface area contributed by atoms with Crippen LogP contribution in [0.2, 0.25) is 5.02 Å². The average Bonchev–Trinajstić information content (AvgIpc) is 3.76. The Kier molecular flexibility index (Phi) is 21.9. The van der Waals surface area contributed by atoms with Gasteiger partial charge in [-0.3, -0.25) is 29.2 Å². The number of hydrogen-bond acceptors (Lipinski definition) is 14. The second kappa shape index (κ2) is 28.7. The lowest BCUT2D eigenvalue weighted by atomic mass is 9.95. The molecule has 1 aliphatic heterocycles. The summed E-state index contributed by atoms with van der Waals surface area (Å²) in [6, 6.07) is 19.3. The van der Waals surface area contributed by atoms with Gasteiger partial charge in [-0.05, 0) is 144 Å². The molecule has 2 amide bonds. The summed E-state index contributed by atoms with van der Waals surface area (Å²) in [4.78, 5) is 75.8. The van der Waals surface area contributed by atoms with Crippen molar-refractivity contribution in [1.82, 2.24) is 29.2 Å². The topological polar surface area (TPSA) is 203 Å². The molecule has 4 aromatic rings. The number of aliphatic hydroxyl groups is 2. The molecule has 412 valence electrons. The highest BCUT2D eigenvalue weighted by Gasteiger charge is 2.43. The van der Waals surface area contributed by atoms with Crippen LogP contribution in [-0.4, -0.2) is 138 Å². The van der Waals surface area contributed by atoms with Gasteiger partial charge in [0.2, 0.25) is 5.91 Å². The smallest absolute Gasteiger partial charge is 0.410 e. The van der Waals surface area contributed by atoms with E-state index < -0.39 is 17.6 Å². The molecule has 0 bridgehead atoms. The number of pyridine rings is 1. The van der Waals surface area contributed by atoms with Gasteiger partial charge in [0.15, 0.2) is 0 Å². The molecular formula is C57H74Cl2N6O11. The standard InChI is InChI=1S/C40H47ClN6O4.C9H13ClO4.C8H14O3/c1-28-24-44(27-43-28)19-6-20-46(25-29-7-3-2-4-8-29)39(49)36-26-45(21-22-47(36)40(50)51-34-15-13-33(48)14-16-34)38-35-17-12-32(41)23-31(35)11-10-30-9-5-18-42-37(30)38;1-6(11)13-7-2-4-8(5-3-7)14-9(10)12;1-6(9)11-8-4-2-7(10)3-5-8/h2-5,7-9,12,17-18,23-24,27,33-34,36,38,48H,6,10-11,13-16,19-22,25-26H2,1H3;7-8H,2-5H2,1H3;7-8,10H,2-5H2,1H3/t33?,34?,36-,38?;;/m1../s1. The summed E-state index contributed by atoms with van der Waals surface area (Å²) >= 11 is 11.6. The number of aromatic nitrogens is 3. The zero-order chi connectivity index (χ0) is 54.1. The van der Waals surface area contributed by atoms with Crippen LogP contribution >= 0.6 is 23.2 Å². The van der Waals surface area contributed by atoms with Crippen LogP contribution in [0.4, 0.5) is 9.59 Å². The predicted molar refractivity (Wildman–Crippen MR) is 285 cm³/mol. The molecule has 0 spiro atoms. The summed E-state index contributed by atoms with van der Waals surface area (Å²) in [6.07, 6.45) is 15.2. The van der Waals surface area contributed by atoms with Crippen molar-refractivity contribution in [2.24, 2.45) is 0 Å². The molecule has 19 heteroatoms. The van der Waals surface area contributed by atoms with Crippen molar-refractivity contribution in [2.45, 2.75) is 179 Å². The fourth-order valence-corrected chi connectivity index (χ4v) is 11.3. The number of benzene rings is 2. The van der Waals surface area contributed by atoms with E-state index in [9.17, 15) is 29.1 Å². The zero-order valence-corrected chi connectivity index (χ0v) is 45.5. The number of ether oxygens (including phenoxy) is 4. The van der Waals surface area contributed by atoms with Crippen LogP contribution < -0.4 is 0 Å². The summed E-state index contributed by atoms with van der Waals surface area (Å²) < 4.78 is 23.0. The van der Waals surface area contributed by atoms with Crippen molar-refractivity contribution in [3.63, 3.8) is 0 Å². The minimum Gasteiger partial charge on any atom is -0.463 e. The first-order chi connectivity index (χ1) is 36.6. The van der Waals surface area contributed by atoms with E-state index in [2.05, 4.69) is 28.1 Å². The zero-order valence-electron chi connectivity index (χ0n) is 44.0. The van der Waals surface area contributed by atoms with Crippen LogP contribution in [0.3, 0.4) is 0 Å². The highest BCUT2D eigenvalue weighted by atomic mass is 35.5. The molecule has 3 heterocycles. The van der Waals surface area contributed by atoms with Gasteiger partial charge in [0.1, 0.15) is 30.5 Å². The number of amides is 2. The Morgan fingerprint density at radius 1 is 0.711 bits per heavy atom. The lowest BCUT2D eigenvalue weighted by molar-refractivity contribution is -0.149. The molecule has 1 saturated heterocycles. The largest absolute Gasteiger partial charge is 0.463 e. The minimum absolute atomic E-state index is 0.0298. The highest BCUT2D eigenvalue weighted by molar-refractivity contribution is 6.61. The molecule has 3 saturated carbocycles. The molecule has 4 aliphatic carbocycles. The summed E-state index contributed by atoms with van der Waals surface area (Å²) in [6.45, 7) is 7.65. The molecule has 2 aromatic heterocycles. The van der Waals surface area contributed by atoms with Crippen LogP contribution in [-0.2, 0) is 59.3 Å². The number of carbonyl (C=O) groups excluding carboxylic acids is 5. The lowest BCUT2D eigenvalue weighted by Crippen LogP contribution is -2.62. The maximum absolute atomic E-state index is 15.0. The molecule has 0 radical (unpaired) electrons. The number of esters is 2. The first kappa shape index (κ1) is 58.1. The Balaban J connectivity index is 0.000000274. The number of rotatable bonds is 12. The number of carbonyl (C=O) groups is 5. The van der Waals surface area contributed by atoms with Crippen molar-refractivity contribution in [2.75, 3.05) is 26.2 Å². The molecule has 2 atom stereocenters. The molecule has 17 nitrogen and oxygen atoms in total. The number of hydrogen-bond donors (Lipinski definition) is 2. The number of nitrogens with zero attached hydrogens (tertiary/aromatic N) is 6. The van der Waals surface area contributed by atoms with E-state index in [1.807, 2.05) is 77.6 Å². The van der Waals surface area contributed by atoms with Crippen LogP contribution in [0, 0.1) is 6.92 Å². The SMILES string of the molecule is CC(=O)OC1CCC(O)CC1.CC(=O)OC1CCC(OC(=O)Cl)CC1.Cc1cn(CCCN(Cc2ccccc2)C(=O)[C@H]2CN(C3c4ccc(Cl)cc4CCc4cccnc43)CCN2C(=O)OC2CCC(O)CC2)cn1. The van der Waals surface area contributed by atoms with E-state index in [0.29, 0.717) is 76.3 Å². The van der Waals surface area contributed by atoms with Gasteiger partial charge in [0.05, 0.1) is 36.0 Å². The second-order valence-corrected chi connectivity index (χ2v) is 21.3. The third-order valence-electron chi connectivity index (χ3n) is 14.8. The molecule has 76 heavy (non-hydrogen) atoms. The Bertz CT molecular complexity index is 2500. The van der Waals surface area contributed by atoms with Crippen molar-refractivity contribution in [3.05, 3.63) is 118 Å². The number of fused-ring (bicyclic) bond motifs is 2. The molecule has 2 aromatic carbocycles. The number of aryl methyl sites for hydroxylation is 4. The van der Waals surface area contributed by atoms with Gasteiger partial charge in [0.25, 0.3) is 0 Å². The van der Waals surface area contributed by atoms with E-state index >= 15 is 0 Å². The van der Waals surface area contributed by atoms with Gasteiger partial charge in [-0.1, -0.05) is 54.1 Å². The van der Waals surface area contributed by atoms with Crippen molar-refractivity contribution in [1.29, 1.82) is 0 Å². The quantitative estimate of drug-likeness (QED) is 0.0772. The summed E-state index contributed by atoms with van der Waals surface area (Å²) in [7, 11) is 0. The van der Waals surface area contributed by atoms with Crippen LogP contribution in [0.25, 0.3) is 0 Å². The normalized spacial score (nSPS) is 24.3. The van der Waals surface area contributed by atoms with Gasteiger partial charge >= 0.3 is 23.5 Å². The summed E-state index contributed by atoms with van der Waals surface area (Å²) in [5.74, 6) is -0.582. The number of aliphatic hydroxyl groups excluding tert-OH is 2. The van der Waals surface area contributed by atoms with Crippen LogP contribution in [0.5, 0.6) is 0 Å². The van der Waals surface area contributed by atoms with Crippen molar-refractivity contribution >= 4 is 52.6 Å². The number of piperazine rings is 1. The molecule has 5 aliphatic rings. The molecule has 4 fully saturated rings. The van der Waals surface area contributed by atoms with E-state index in [1.54, 1.807) is 4.90 Å².